The summed E-state index contributed by atoms with van der Waals surface area (Å²) in [5.74, 6) is 2.92. The smallest absolute Gasteiger partial charge is 0.212 e. The molecule has 2 heterocycles. The SMILES string of the molecule is NC1=Nn2c(nnc2C2CC2)SC1. The lowest BCUT2D eigenvalue weighted by molar-refractivity contribution is 0.707. The number of hydrogen-bond donors (Lipinski definition) is 1. The molecule has 1 fully saturated rings. The van der Waals surface area contributed by atoms with Crippen LogP contribution < -0.4 is 5.73 Å². The fourth-order valence-corrected chi connectivity index (χ4v) is 2.04. The Hall–Kier alpha value is -1.04. The second-order valence-electron chi connectivity index (χ2n) is 3.31. The van der Waals surface area contributed by atoms with Crippen molar-refractivity contribution in [3.05, 3.63) is 5.82 Å². The summed E-state index contributed by atoms with van der Waals surface area (Å²) in [5, 5.41) is 13.3. The van der Waals surface area contributed by atoms with Crippen LogP contribution in [0.2, 0.25) is 0 Å². The maximum absolute atomic E-state index is 5.65. The summed E-state index contributed by atoms with van der Waals surface area (Å²) in [6.45, 7) is 0. The van der Waals surface area contributed by atoms with E-state index in [1.807, 2.05) is 0 Å². The Labute approximate surface area is 79.4 Å². The average Bonchev–Trinajstić information content (AvgIpc) is 2.87. The normalized spacial score (nSPS) is 21.1. The van der Waals surface area contributed by atoms with Crippen LogP contribution in [0.1, 0.15) is 24.6 Å². The van der Waals surface area contributed by atoms with Gasteiger partial charge in [0.1, 0.15) is 5.84 Å². The number of hydrogen-bond acceptors (Lipinski definition) is 5. The van der Waals surface area contributed by atoms with Gasteiger partial charge in [-0.1, -0.05) is 11.8 Å². The highest BCUT2D eigenvalue weighted by Crippen LogP contribution is 2.40. The number of nitrogens with zero attached hydrogens (tertiary/aromatic N) is 4. The van der Waals surface area contributed by atoms with Gasteiger partial charge in [-0.2, -0.15) is 9.78 Å². The number of nitrogens with two attached hydrogens (primary N) is 1. The molecule has 0 spiro atoms. The van der Waals surface area contributed by atoms with Crippen LogP contribution in [0.25, 0.3) is 0 Å². The molecule has 5 nitrogen and oxygen atoms in total. The van der Waals surface area contributed by atoms with Crippen LogP contribution in [-0.4, -0.2) is 26.5 Å². The third-order valence-electron chi connectivity index (χ3n) is 2.16. The number of fused-ring (bicyclic) bond motifs is 1. The first-order valence-corrected chi connectivity index (χ1v) is 5.24. The van der Waals surface area contributed by atoms with Crippen molar-refractivity contribution >= 4 is 17.6 Å². The van der Waals surface area contributed by atoms with E-state index < -0.39 is 0 Å². The molecule has 0 aromatic carbocycles. The Kier molecular flexibility index (Phi) is 1.40. The molecule has 1 aliphatic carbocycles. The molecule has 68 valence electrons. The van der Waals surface area contributed by atoms with Crippen molar-refractivity contribution in [2.24, 2.45) is 10.8 Å². The molecule has 1 aromatic rings. The van der Waals surface area contributed by atoms with Crippen molar-refractivity contribution in [3.63, 3.8) is 0 Å². The largest absolute Gasteiger partial charge is 0.385 e. The van der Waals surface area contributed by atoms with E-state index in [0.29, 0.717) is 11.8 Å². The number of amidine groups is 1. The van der Waals surface area contributed by atoms with Crippen LogP contribution in [0.3, 0.4) is 0 Å². The van der Waals surface area contributed by atoms with Crippen LogP contribution >= 0.6 is 11.8 Å². The second-order valence-corrected chi connectivity index (χ2v) is 4.25. The Bertz CT molecular complexity index is 378. The van der Waals surface area contributed by atoms with Gasteiger partial charge in [-0.3, -0.25) is 0 Å². The molecule has 3 rings (SSSR count). The average molecular weight is 195 g/mol. The molecular formula is C7H9N5S. The Balaban J connectivity index is 2.10. The fourth-order valence-electron chi connectivity index (χ4n) is 1.35. The predicted molar refractivity (Wildman–Crippen MR) is 49.7 cm³/mol. The molecule has 1 aromatic heterocycles. The van der Waals surface area contributed by atoms with Crippen molar-refractivity contribution in [1.29, 1.82) is 0 Å². The van der Waals surface area contributed by atoms with Gasteiger partial charge in [-0.15, -0.1) is 10.2 Å². The van der Waals surface area contributed by atoms with Crippen LogP contribution in [0, 0.1) is 0 Å². The molecule has 0 saturated heterocycles. The highest BCUT2D eigenvalue weighted by Gasteiger charge is 2.31. The quantitative estimate of drug-likeness (QED) is 0.703. The van der Waals surface area contributed by atoms with Crippen molar-refractivity contribution in [2.75, 3.05) is 5.75 Å². The molecule has 13 heavy (non-hydrogen) atoms. The molecule has 0 unspecified atom stereocenters. The molecular weight excluding hydrogens is 186 g/mol. The van der Waals surface area contributed by atoms with Crippen molar-refractivity contribution < 1.29 is 0 Å². The lowest BCUT2D eigenvalue weighted by Gasteiger charge is -2.09. The van der Waals surface area contributed by atoms with E-state index in [4.69, 9.17) is 5.73 Å². The lowest BCUT2D eigenvalue weighted by atomic mass is 10.4. The maximum Gasteiger partial charge on any atom is 0.212 e. The topological polar surface area (TPSA) is 69.1 Å². The number of aromatic nitrogens is 3. The fraction of sp³-hybridized carbons (Fsp3) is 0.571. The first-order valence-electron chi connectivity index (χ1n) is 4.26. The van der Waals surface area contributed by atoms with Gasteiger partial charge in [0.2, 0.25) is 5.16 Å². The summed E-state index contributed by atoms with van der Waals surface area (Å²) in [5.41, 5.74) is 5.65. The highest BCUT2D eigenvalue weighted by atomic mass is 32.2. The van der Waals surface area contributed by atoms with Crippen molar-refractivity contribution in [3.8, 4) is 0 Å². The molecule has 0 bridgehead atoms. The standard InChI is InChI=1S/C7H9N5S/c8-5-3-13-7-10-9-6(4-1-2-4)12(7)11-5/h4H,1-3H2,(H2,8,11). The summed E-state index contributed by atoms with van der Waals surface area (Å²) >= 11 is 1.60. The minimum Gasteiger partial charge on any atom is -0.385 e. The van der Waals surface area contributed by atoms with Gasteiger partial charge in [0.05, 0.1) is 5.75 Å². The van der Waals surface area contributed by atoms with Crippen LogP contribution in [0.5, 0.6) is 0 Å². The van der Waals surface area contributed by atoms with Gasteiger partial charge < -0.3 is 5.73 Å². The molecule has 6 heteroatoms. The highest BCUT2D eigenvalue weighted by molar-refractivity contribution is 7.99. The summed E-state index contributed by atoms with van der Waals surface area (Å²) in [4.78, 5) is 0. The van der Waals surface area contributed by atoms with Crippen LogP contribution in [0.15, 0.2) is 10.3 Å². The Morgan fingerprint density at radius 1 is 1.38 bits per heavy atom. The monoisotopic (exact) mass is 195 g/mol. The van der Waals surface area contributed by atoms with Crippen LogP contribution in [-0.2, 0) is 0 Å². The van der Waals surface area contributed by atoms with E-state index in [-0.39, 0.29) is 0 Å². The zero-order valence-corrected chi connectivity index (χ0v) is 7.79. The molecule has 0 amide bonds. The third kappa shape index (κ3) is 1.13. The summed E-state index contributed by atoms with van der Waals surface area (Å²) < 4.78 is 1.79. The number of rotatable bonds is 1. The van der Waals surface area contributed by atoms with E-state index in [9.17, 15) is 0 Å². The molecule has 0 atom stereocenters. The van der Waals surface area contributed by atoms with E-state index in [1.54, 1.807) is 16.4 Å². The first kappa shape index (κ1) is 7.37. The Morgan fingerprint density at radius 3 is 3.00 bits per heavy atom. The van der Waals surface area contributed by atoms with Crippen molar-refractivity contribution in [2.45, 2.75) is 23.9 Å². The molecule has 2 N–H and O–H groups in total. The van der Waals surface area contributed by atoms with Gasteiger partial charge in [-0.25, -0.2) is 0 Å². The summed E-state index contributed by atoms with van der Waals surface area (Å²) in [6.07, 6.45) is 2.41. The van der Waals surface area contributed by atoms with Gasteiger partial charge in [0, 0.05) is 5.92 Å². The number of thioether (sulfide) groups is 1. The maximum atomic E-state index is 5.65. The summed E-state index contributed by atoms with van der Waals surface area (Å²) in [6, 6.07) is 0. The minimum atomic E-state index is 0.566. The van der Waals surface area contributed by atoms with Crippen LogP contribution in [0.4, 0.5) is 0 Å². The summed E-state index contributed by atoms with van der Waals surface area (Å²) in [7, 11) is 0. The zero-order valence-electron chi connectivity index (χ0n) is 6.97. The second kappa shape index (κ2) is 2.47. The van der Waals surface area contributed by atoms with Gasteiger partial charge in [0.15, 0.2) is 5.82 Å². The Morgan fingerprint density at radius 2 is 2.23 bits per heavy atom. The zero-order chi connectivity index (χ0) is 8.84. The molecule has 1 saturated carbocycles. The van der Waals surface area contributed by atoms with Gasteiger partial charge >= 0.3 is 0 Å². The lowest BCUT2D eigenvalue weighted by Crippen LogP contribution is -2.21. The molecule has 0 radical (unpaired) electrons. The molecule has 2 aliphatic rings. The minimum absolute atomic E-state index is 0.566. The third-order valence-corrected chi connectivity index (χ3v) is 3.11. The van der Waals surface area contributed by atoms with E-state index in [0.717, 1.165) is 16.7 Å². The van der Waals surface area contributed by atoms with Gasteiger partial charge in [-0.05, 0) is 12.8 Å². The van der Waals surface area contributed by atoms with E-state index >= 15 is 0 Å². The van der Waals surface area contributed by atoms with Gasteiger partial charge in [0.25, 0.3) is 0 Å². The first-order chi connectivity index (χ1) is 6.34. The van der Waals surface area contributed by atoms with E-state index in [2.05, 4.69) is 15.3 Å². The predicted octanol–water partition coefficient (Wildman–Crippen LogP) is 0.381. The van der Waals surface area contributed by atoms with E-state index in [1.165, 1.54) is 12.8 Å². The molecule has 1 aliphatic heterocycles. The van der Waals surface area contributed by atoms with Crippen molar-refractivity contribution in [1.82, 2.24) is 14.9 Å².